The quantitative estimate of drug-likeness (QED) is 0.757. The van der Waals surface area contributed by atoms with Crippen molar-refractivity contribution in [2.45, 2.75) is 12.8 Å². The highest BCUT2D eigenvalue weighted by atomic mass is 35.5. The molecule has 0 bridgehead atoms. The van der Waals surface area contributed by atoms with E-state index >= 15 is 0 Å². The van der Waals surface area contributed by atoms with Crippen LogP contribution in [0.2, 0.25) is 5.02 Å². The Morgan fingerprint density at radius 1 is 1.58 bits per heavy atom. The summed E-state index contributed by atoms with van der Waals surface area (Å²) < 4.78 is 13.1. The number of aliphatic hydroxyl groups is 1. The van der Waals surface area contributed by atoms with Gasteiger partial charge in [-0.1, -0.05) is 24.6 Å². The molecule has 12 heavy (non-hydrogen) atoms. The highest BCUT2D eigenvalue weighted by Crippen LogP contribution is 2.26. The van der Waals surface area contributed by atoms with Crippen LogP contribution in [0.1, 0.15) is 18.4 Å². The molecule has 0 fully saturated rings. The standard InChI is InChI=1S/C9H10ClFO/c1-6(5-12)9-7(10)3-2-4-8(9)11/h2-4,6,12H,5H2,1H3. The smallest absolute Gasteiger partial charge is 0.128 e. The van der Waals surface area contributed by atoms with Gasteiger partial charge in [-0.2, -0.15) is 0 Å². The molecule has 1 unspecified atom stereocenters. The van der Waals surface area contributed by atoms with Gasteiger partial charge in [0.25, 0.3) is 0 Å². The van der Waals surface area contributed by atoms with Crippen molar-refractivity contribution < 1.29 is 9.50 Å². The predicted molar refractivity (Wildman–Crippen MR) is 46.9 cm³/mol. The monoisotopic (exact) mass is 188 g/mol. The molecule has 3 heteroatoms. The molecular formula is C9H10ClFO. The van der Waals surface area contributed by atoms with E-state index in [1.54, 1.807) is 19.1 Å². The molecule has 0 aromatic heterocycles. The van der Waals surface area contributed by atoms with Gasteiger partial charge in [-0.25, -0.2) is 4.39 Å². The van der Waals surface area contributed by atoms with Crippen molar-refractivity contribution in [3.63, 3.8) is 0 Å². The Morgan fingerprint density at radius 3 is 2.75 bits per heavy atom. The van der Waals surface area contributed by atoms with Crippen LogP contribution in [0.25, 0.3) is 0 Å². The molecular weight excluding hydrogens is 179 g/mol. The molecule has 1 nitrogen and oxygen atoms in total. The Bertz CT molecular complexity index is 255. The Kier molecular flexibility index (Phi) is 3.06. The summed E-state index contributed by atoms with van der Waals surface area (Å²) in [6.45, 7) is 1.63. The summed E-state index contributed by atoms with van der Waals surface area (Å²) in [5.74, 6) is -0.609. The summed E-state index contributed by atoms with van der Waals surface area (Å²) in [6, 6.07) is 4.50. The fraction of sp³-hybridized carbons (Fsp3) is 0.333. The van der Waals surface area contributed by atoms with E-state index in [0.717, 1.165) is 0 Å². The largest absolute Gasteiger partial charge is 0.396 e. The Balaban J connectivity index is 3.12. The molecule has 0 aliphatic rings. The lowest BCUT2D eigenvalue weighted by atomic mass is 10.0. The van der Waals surface area contributed by atoms with Crippen LogP contribution < -0.4 is 0 Å². The first-order valence-corrected chi connectivity index (χ1v) is 4.09. The number of aliphatic hydroxyl groups excluding tert-OH is 1. The third-order valence-corrected chi connectivity index (χ3v) is 2.10. The van der Waals surface area contributed by atoms with Crippen molar-refractivity contribution in [1.29, 1.82) is 0 Å². The summed E-state index contributed by atoms with van der Waals surface area (Å²) in [6.07, 6.45) is 0. The zero-order chi connectivity index (χ0) is 9.14. The van der Waals surface area contributed by atoms with E-state index in [9.17, 15) is 4.39 Å². The van der Waals surface area contributed by atoms with Crippen LogP contribution in [0.3, 0.4) is 0 Å². The van der Waals surface area contributed by atoms with Gasteiger partial charge in [0, 0.05) is 23.1 Å². The average molecular weight is 189 g/mol. The Labute approximate surface area is 75.8 Å². The highest BCUT2D eigenvalue weighted by Gasteiger charge is 2.12. The van der Waals surface area contributed by atoms with E-state index in [4.69, 9.17) is 16.7 Å². The van der Waals surface area contributed by atoms with Crippen molar-refractivity contribution >= 4 is 11.6 Å². The van der Waals surface area contributed by atoms with Gasteiger partial charge in [0.05, 0.1) is 0 Å². The van der Waals surface area contributed by atoms with Crippen molar-refractivity contribution in [2.24, 2.45) is 0 Å². The molecule has 0 spiro atoms. The maximum absolute atomic E-state index is 13.1. The first-order valence-electron chi connectivity index (χ1n) is 3.71. The van der Waals surface area contributed by atoms with Crippen LogP contribution in [0.15, 0.2) is 18.2 Å². The molecule has 0 saturated carbocycles. The number of halogens is 2. The first-order chi connectivity index (χ1) is 5.66. The molecule has 1 rings (SSSR count). The lowest BCUT2D eigenvalue weighted by Gasteiger charge is -2.10. The van der Waals surface area contributed by atoms with Gasteiger partial charge in [0.1, 0.15) is 5.82 Å². The zero-order valence-corrected chi connectivity index (χ0v) is 7.48. The van der Waals surface area contributed by atoms with E-state index in [0.29, 0.717) is 10.6 Å². The molecule has 0 aliphatic heterocycles. The average Bonchev–Trinajstić information content (AvgIpc) is 2.03. The molecule has 0 radical (unpaired) electrons. The van der Waals surface area contributed by atoms with Gasteiger partial charge in [-0.3, -0.25) is 0 Å². The second-order valence-corrected chi connectivity index (χ2v) is 3.13. The summed E-state index contributed by atoms with van der Waals surface area (Å²) in [5.41, 5.74) is 0.390. The minimum atomic E-state index is -0.357. The van der Waals surface area contributed by atoms with Gasteiger partial charge in [-0.15, -0.1) is 0 Å². The van der Waals surface area contributed by atoms with Crippen molar-refractivity contribution in [3.8, 4) is 0 Å². The lowest BCUT2D eigenvalue weighted by molar-refractivity contribution is 0.270. The van der Waals surface area contributed by atoms with Gasteiger partial charge >= 0.3 is 0 Å². The normalized spacial score (nSPS) is 13.0. The Hall–Kier alpha value is -0.600. The van der Waals surface area contributed by atoms with E-state index in [1.165, 1.54) is 6.07 Å². The molecule has 0 aliphatic carbocycles. The third-order valence-electron chi connectivity index (χ3n) is 1.77. The minimum absolute atomic E-state index is 0.0966. The molecule has 1 aromatic rings. The second-order valence-electron chi connectivity index (χ2n) is 2.72. The van der Waals surface area contributed by atoms with Gasteiger partial charge in [0.15, 0.2) is 0 Å². The van der Waals surface area contributed by atoms with Crippen molar-refractivity contribution in [1.82, 2.24) is 0 Å². The van der Waals surface area contributed by atoms with Crippen molar-refractivity contribution in [2.75, 3.05) is 6.61 Å². The van der Waals surface area contributed by atoms with Gasteiger partial charge in [0.2, 0.25) is 0 Å². The number of rotatable bonds is 2. The van der Waals surface area contributed by atoms with Crippen LogP contribution in [0.4, 0.5) is 4.39 Å². The molecule has 1 atom stereocenters. The summed E-state index contributed by atoms with van der Waals surface area (Å²) in [4.78, 5) is 0. The van der Waals surface area contributed by atoms with Gasteiger partial charge < -0.3 is 5.11 Å². The van der Waals surface area contributed by atoms with Crippen LogP contribution in [-0.4, -0.2) is 11.7 Å². The summed E-state index contributed by atoms with van der Waals surface area (Å²) >= 11 is 5.75. The van der Waals surface area contributed by atoms with E-state index < -0.39 is 0 Å². The Morgan fingerprint density at radius 2 is 2.25 bits per heavy atom. The molecule has 0 amide bonds. The molecule has 0 saturated heterocycles. The third kappa shape index (κ3) is 1.76. The van der Waals surface area contributed by atoms with Gasteiger partial charge in [-0.05, 0) is 12.1 Å². The highest BCUT2D eigenvalue weighted by molar-refractivity contribution is 6.31. The maximum atomic E-state index is 13.1. The zero-order valence-electron chi connectivity index (χ0n) is 6.72. The predicted octanol–water partition coefficient (Wildman–Crippen LogP) is 2.57. The van der Waals surface area contributed by atoms with E-state index in [2.05, 4.69) is 0 Å². The van der Waals surface area contributed by atoms with Crippen LogP contribution in [-0.2, 0) is 0 Å². The first kappa shape index (κ1) is 9.49. The number of hydrogen-bond donors (Lipinski definition) is 1. The maximum Gasteiger partial charge on any atom is 0.128 e. The van der Waals surface area contributed by atoms with E-state index in [1.807, 2.05) is 0 Å². The second kappa shape index (κ2) is 3.87. The molecule has 1 N–H and O–H groups in total. The molecule has 1 aromatic carbocycles. The SMILES string of the molecule is CC(CO)c1c(F)cccc1Cl. The van der Waals surface area contributed by atoms with E-state index in [-0.39, 0.29) is 18.3 Å². The fourth-order valence-electron chi connectivity index (χ4n) is 1.07. The lowest BCUT2D eigenvalue weighted by Crippen LogP contribution is -2.02. The van der Waals surface area contributed by atoms with Crippen molar-refractivity contribution in [3.05, 3.63) is 34.6 Å². The van der Waals surface area contributed by atoms with Crippen LogP contribution >= 0.6 is 11.6 Å². The molecule has 0 heterocycles. The fourth-order valence-corrected chi connectivity index (χ4v) is 1.42. The molecule has 66 valence electrons. The topological polar surface area (TPSA) is 20.2 Å². The van der Waals surface area contributed by atoms with Crippen LogP contribution in [0, 0.1) is 5.82 Å². The van der Waals surface area contributed by atoms with Crippen LogP contribution in [0.5, 0.6) is 0 Å². The minimum Gasteiger partial charge on any atom is -0.396 e. The number of hydrogen-bond acceptors (Lipinski definition) is 1. The number of benzene rings is 1. The summed E-state index contributed by atoms with van der Waals surface area (Å²) in [5, 5.41) is 9.18. The summed E-state index contributed by atoms with van der Waals surface area (Å²) in [7, 11) is 0.